The lowest BCUT2D eigenvalue weighted by Crippen LogP contribution is -2.14. The van der Waals surface area contributed by atoms with Crippen molar-refractivity contribution in [2.45, 2.75) is 310 Å². The molecule has 0 amide bonds. The van der Waals surface area contributed by atoms with Gasteiger partial charge in [-0.15, -0.1) is 32.9 Å². The maximum Gasteiger partial charge on any atom is 0.325 e. The number of carbonyl (C=O) groups is 1. The number of aryl methyl sites for hydroxylation is 1. The summed E-state index contributed by atoms with van der Waals surface area (Å²) in [6.07, 6.45) is 24.7. The molecule has 103 heavy (non-hydrogen) atoms. The summed E-state index contributed by atoms with van der Waals surface area (Å²) >= 11 is 3.33. The molecule has 0 bridgehead atoms. The Balaban J connectivity index is 0. The summed E-state index contributed by atoms with van der Waals surface area (Å²) in [6.45, 7) is 70.0. The first kappa shape index (κ1) is 97.0. The van der Waals surface area contributed by atoms with Crippen molar-refractivity contribution in [3.8, 4) is 0 Å². The van der Waals surface area contributed by atoms with Crippen LogP contribution in [0.25, 0.3) is 0 Å². The van der Waals surface area contributed by atoms with Crippen LogP contribution >= 0.6 is 22.7 Å². The van der Waals surface area contributed by atoms with Crippen molar-refractivity contribution >= 4 is 28.6 Å². The number of carboxylic acid groups (broad SMARTS) is 1. The lowest BCUT2D eigenvalue weighted by atomic mass is 9.88. The number of oxazole rings is 1. The lowest BCUT2D eigenvalue weighted by Gasteiger charge is -2.17. The first-order valence-electron chi connectivity index (χ1n) is 34.1. The van der Waals surface area contributed by atoms with E-state index in [9.17, 15) is 4.79 Å². The minimum atomic E-state index is -0.872. The molecule has 10 rings (SSSR count). The summed E-state index contributed by atoms with van der Waals surface area (Å²) in [5.41, 5.74) is 9.99. The quantitative estimate of drug-likeness (QED) is 0.166. The number of nitrogens with one attached hydrogen (secondary N) is 1. The molecule has 0 spiro atoms. The molecule has 0 aliphatic carbocycles. The zero-order valence-electron chi connectivity index (χ0n) is 67.6. The van der Waals surface area contributed by atoms with Gasteiger partial charge in [-0.25, -0.2) is 15.0 Å². The van der Waals surface area contributed by atoms with Gasteiger partial charge in [0.05, 0.1) is 28.8 Å². The molecular weight excluding hydrogens is 1330 g/mol. The number of aliphatic carboxylic acids is 1. The van der Waals surface area contributed by atoms with Crippen LogP contribution in [-0.4, -0.2) is 96.1 Å². The van der Waals surface area contributed by atoms with Crippen LogP contribution in [0.15, 0.2) is 137 Å². The largest absolute Gasteiger partial charge is 0.480 e. The zero-order valence-corrected chi connectivity index (χ0v) is 69.2. The number of aromatic amines is 1. The van der Waals surface area contributed by atoms with E-state index in [4.69, 9.17) is 9.52 Å². The second-order valence-electron chi connectivity index (χ2n) is 34.6. The van der Waals surface area contributed by atoms with Gasteiger partial charge in [0.2, 0.25) is 6.39 Å². The molecule has 10 heterocycles. The molecule has 0 aliphatic rings. The van der Waals surface area contributed by atoms with Crippen LogP contribution in [0.4, 0.5) is 0 Å². The zero-order chi connectivity index (χ0) is 77.7. The van der Waals surface area contributed by atoms with Gasteiger partial charge in [0.1, 0.15) is 35.5 Å². The van der Waals surface area contributed by atoms with Gasteiger partial charge in [-0.3, -0.25) is 39.2 Å². The molecule has 23 heteroatoms. The SMILES string of the molecule is C.C.CC(C)(C)c1cccnc1.CC(C)(C)c1ccn(CC(=O)O)n1.CC(C)(C)c1cnccn1.CC(C)(C)c1ncco1.CC(C)(C)c1nccs1.CC(C)(C)c1ncn[nH]1.CC(C)(C)c1ncon1.CC(C)(C)c1nncs1.CC(C)n1cc(C(C)(C)C)cn1.Cc1ccc(C(C)(C)C)cn1. The number of aromatic nitrogens is 17. The molecule has 2 N–H and O–H groups in total. The molecule has 0 radical (unpaired) electrons. The molecule has 0 saturated carbocycles. The second-order valence-corrected chi connectivity index (χ2v) is 36.4. The van der Waals surface area contributed by atoms with Crippen molar-refractivity contribution in [3.05, 3.63) is 190 Å². The monoisotopic (exact) mass is 1460 g/mol. The Bertz CT molecular complexity index is 3400. The first-order chi connectivity index (χ1) is 46.0. The number of pyridine rings is 2. The van der Waals surface area contributed by atoms with Crippen LogP contribution in [0, 0.1) is 6.92 Å². The van der Waals surface area contributed by atoms with Gasteiger partial charge in [-0.05, 0) is 71.9 Å². The highest BCUT2D eigenvalue weighted by atomic mass is 32.1. The van der Waals surface area contributed by atoms with Crippen LogP contribution in [0.2, 0.25) is 0 Å². The van der Waals surface area contributed by atoms with Crippen LogP contribution in [-0.2, 0) is 65.5 Å². The van der Waals surface area contributed by atoms with Gasteiger partial charge in [-0.2, -0.15) is 20.3 Å². The average Bonchev–Trinajstić information content (AvgIpc) is 1.80. The van der Waals surface area contributed by atoms with E-state index in [2.05, 4.69) is 285 Å². The second kappa shape index (κ2) is 42.7. The number of rotatable bonds is 3. The predicted octanol–water partition coefficient (Wildman–Crippen LogP) is 20.9. The normalized spacial score (nSPS) is 11.6. The van der Waals surface area contributed by atoms with Crippen LogP contribution < -0.4 is 0 Å². The Labute approximate surface area is 628 Å². The maximum atomic E-state index is 10.4. The van der Waals surface area contributed by atoms with E-state index < -0.39 is 5.97 Å². The molecule has 10 aromatic rings. The Hall–Kier alpha value is -8.05. The van der Waals surface area contributed by atoms with Crippen LogP contribution in [0.3, 0.4) is 0 Å². The summed E-state index contributed by atoms with van der Waals surface area (Å²) in [7, 11) is 0. The van der Waals surface area contributed by atoms with Crippen molar-refractivity contribution in [3.63, 3.8) is 0 Å². The van der Waals surface area contributed by atoms with Crippen molar-refractivity contribution in [1.29, 1.82) is 0 Å². The number of carboxylic acids is 1. The topological polar surface area (TPSA) is 270 Å². The predicted molar refractivity (Wildman–Crippen MR) is 427 cm³/mol. The Morgan fingerprint density at radius 2 is 1.13 bits per heavy atom. The van der Waals surface area contributed by atoms with Crippen molar-refractivity contribution in [2.75, 3.05) is 0 Å². The van der Waals surface area contributed by atoms with Gasteiger partial charge in [0.15, 0.2) is 11.7 Å². The third-order valence-corrected chi connectivity index (χ3v) is 16.0. The summed E-state index contributed by atoms with van der Waals surface area (Å²) in [5, 5.41) is 39.3. The number of H-pyrrole nitrogens is 1. The molecule has 574 valence electrons. The van der Waals surface area contributed by atoms with E-state index in [1.54, 1.807) is 71.6 Å². The van der Waals surface area contributed by atoms with Gasteiger partial charge >= 0.3 is 5.97 Å². The number of thiazole rings is 1. The van der Waals surface area contributed by atoms with Gasteiger partial charge < -0.3 is 14.0 Å². The van der Waals surface area contributed by atoms with E-state index in [1.165, 1.54) is 39.1 Å². The molecule has 0 saturated heterocycles. The summed E-state index contributed by atoms with van der Waals surface area (Å²) in [5.74, 6) is 1.61. The van der Waals surface area contributed by atoms with Gasteiger partial charge in [0.25, 0.3) is 0 Å². The lowest BCUT2D eigenvalue weighted by molar-refractivity contribution is -0.137. The molecular formula is C80H133N17O4S2. The van der Waals surface area contributed by atoms with Gasteiger partial charge in [-0.1, -0.05) is 240 Å². The average molecular weight is 1460 g/mol. The smallest absolute Gasteiger partial charge is 0.325 e. The minimum absolute atomic E-state index is 0. The standard InChI is InChI=1S/C10H18N2.C10H15N.C9H14N2O2.C9H13N.C8H12N2.C7H11NO.C7H11NS.C6H11N3.C6H10N2O.C6H10N2S.2CH4/c1-8(2)12-7-9(6-11-12)10(3,4)5;1-8-5-6-9(7-11-8)10(2,3)4;1-9(2,3)7-4-5-11(10-7)6-8(12)13;1-9(2,3)8-5-4-6-10-7-8;1-8(2,3)7-6-9-4-5-10-7;2*1-7(2,3)6-8-4-5-9-6;1-6(2,3)5-7-4-8-9-5;1-6(2,3)5-7-4-9-8-5;1-6(2,3)5-8-7-4-9-5;;/h6-8H,1-5H3;5-7H,1-4H3;4-5H,6H2,1-3H3,(H,12,13);4-7H,1-3H3;4-6H,1-3H3;2*4-5H,1-3H3;4H,1-3H3,(H,7,8,9);2*4H,1-3H3;2*1H4. The number of hydrogen-bond acceptors (Lipinski definition) is 19. The van der Waals surface area contributed by atoms with E-state index in [1.807, 2.05) is 95.4 Å². The van der Waals surface area contributed by atoms with Crippen LogP contribution in [0.1, 0.15) is 304 Å². The first-order valence-corrected chi connectivity index (χ1v) is 35.9. The maximum absolute atomic E-state index is 10.4. The third-order valence-electron chi connectivity index (χ3n) is 13.6. The highest BCUT2D eigenvalue weighted by Crippen LogP contribution is 2.27. The van der Waals surface area contributed by atoms with E-state index >= 15 is 0 Å². The van der Waals surface area contributed by atoms with E-state index in [0.29, 0.717) is 6.04 Å². The van der Waals surface area contributed by atoms with Crippen molar-refractivity contribution < 1.29 is 18.8 Å². The summed E-state index contributed by atoms with van der Waals surface area (Å²) < 4.78 is 13.1. The highest BCUT2D eigenvalue weighted by Gasteiger charge is 2.22. The molecule has 10 aromatic heterocycles. The highest BCUT2D eigenvalue weighted by molar-refractivity contribution is 7.09. The van der Waals surface area contributed by atoms with E-state index in [-0.39, 0.29) is 75.5 Å². The fraction of sp³-hybridized carbons (Fsp3) is 0.588. The minimum Gasteiger partial charge on any atom is -0.480 e. The van der Waals surface area contributed by atoms with Crippen LogP contribution in [0.5, 0.6) is 0 Å². The molecule has 0 fully saturated rings. The third kappa shape index (κ3) is 41.1. The Morgan fingerprint density at radius 3 is 1.40 bits per heavy atom. The number of hydrogen-bond donors (Lipinski definition) is 2. The Morgan fingerprint density at radius 1 is 0.544 bits per heavy atom. The molecule has 0 atom stereocenters. The Kier molecular flexibility index (Phi) is 40.2. The summed E-state index contributed by atoms with van der Waals surface area (Å²) in [4.78, 5) is 43.0. The fourth-order valence-electron chi connectivity index (χ4n) is 7.16. The summed E-state index contributed by atoms with van der Waals surface area (Å²) in [6, 6.07) is 10.6. The molecule has 0 aromatic carbocycles. The fourth-order valence-corrected chi connectivity index (χ4v) is 8.52. The number of nitrogens with zero attached hydrogens (tertiary/aromatic N) is 16. The van der Waals surface area contributed by atoms with E-state index in [0.717, 1.165) is 39.6 Å². The molecule has 21 nitrogen and oxygen atoms in total. The van der Waals surface area contributed by atoms with Crippen molar-refractivity contribution in [2.24, 2.45) is 0 Å². The molecule has 0 unspecified atom stereocenters. The molecule has 0 aliphatic heterocycles. The van der Waals surface area contributed by atoms with Crippen molar-refractivity contribution in [1.82, 2.24) is 85.0 Å². The van der Waals surface area contributed by atoms with Gasteiger partial charge in [0, 0.05) is 111 Å².